The van der Waals surface area contributed by atoms with E-state index in [1.807, 2.05) is 0 Å². The van der Waals surface area contributed by atoms with Gasteiger partial charge in [-0.25, -0.2) is 8.78 Å². The molecular formula is C5H7F2NO. The fourth-order valence-electron chi connectivity index (χ4n) is 0.634. The Kier molecular flexibility index (Phi) is 1.38. The van der Waals surface area contributed by atoms with Gasteiger partial charge in [0.2, 0.25) is 5.91 Å². The van der Waals surface area contributed by atoms with Gasteiger partial charge in [0, 0.05) is 6.92 Å². The van der Waals surface area contributed by atoms with E-state index < -0.39 is 18.4 Å². The average Bonchev–Trinajstić information content (AvgIpc) is 2.22. The van der Waals surface area contributed by atoms with E-state index in [9.17, 15) is 13.6 Å². The highest BCUT2D eigenvalue weighted by Crippen LogP contribution is 2.29. The summed E-state index contributed by atoms with van der Waals surface area (Å²) in [4.78, 5) is 10.1. The van der Waals surface area contributed by atoms with Crippen molar-refractivity contribution in [2.24, 2.45) is 0 Å². The van der Waals surface area contributed by atoms with Gasteiger partial charge in [-0.2, -0.15) is 0 Å². The van der Waals surface area contributed by atoms with Crippen LogP contribution < -0.4 is 5.32 Å². The molecule has 0 aromatic rings. The number of halogens is 2. The molecule has 0 radical (unpaired) electrons. The third-order valence-corrected chi connectivity index (χ3v) is 1.22. The lowest BCUT2D eigenvalue weighted by Crippen LogP contribution is -2.25. The maximum absolute atomic E-state index is 11.9. The van der Waals surface area contributed by atoms with Gasteiger partial charge in [0.1, 0.15) is 0 Å². The van der Waals surface area contributed by atoms with Crippen LogP contribution in [0.4, 0.5) is 8.78 Å². The first kappa shape index (κ1) is 6.45. The number of amides is 1. The third kappa shape index (κ3) is 1.17. The average molecular weight is 135 g/mol. The molecule has 1 aliphatic carbocycles. The normalized spacial score (nSPS) is 40.1. The minimum atomic E-state index is -1.48. The van der Waals surface area contributed by atoms with Crippen LogP contribution in [0.15, 0.2) is 0 Å². The summed E-state index contributed by atoms with van der Waals surface area (Å²) >= 11 is 0. The van der Waals surface area contributed by atoms with Gasteiger partial charge >= 0.3 is 0 Å². The van der Waals surface area contributed by atoms with Gasteiger partial charge in [-0.05, 0) is 0 Å². The van der Waals surface area contributed by atoms with E-state index in [4.69, 9.17) is 0 Å². The van der Waals surface area contributed by atoms with Crippen LogP contribution in [0.5, 0.6) is 0 Å². The number of rotatable bonds is 1. The van der Waals surface area contributed by atoms with Gasteiger partial charge in [-0.15, -0.1) is 0 Å². The molecule has 2 atom stereocenters. The molecule has 2 nitrogen and oxygen atoms in total. The molecule has 1 N–H and O–H groups in total. The Hall–Kier alpha value is -0.670. The number of alkyl halides is 2. The molecule has 1 fully saturated rings. The van der Waals surface area contributed by atoms with Crippen LogP contribution in [0.3, 0.4) is 0 Å². The predicted octanol–water partition coefficient (Wildman–Crippen LogP) is 0.181. The van der Waals surface area contributed by atoms with Gasteiger partial charge in [-0.1, -0.05) is 0 Å². The SMILES string of the molecule is CC(=O)NC1C(F)C1F. The summed E-state index contributed by atoms with van der Waals surface area (Å²) in [6.07, 6.45) is -2.96. The van der Waals surface area contributed by atoms with E-state index in [0.29, 0.717) is 0 Å². The van der Waals surface area contributed by atoms with E-state index in [0.717, 1.165) is 0 Å². The third-order valence-electron chi connectivity index (χ3n) is 1.22. The number of nitrogens with one attached hydrogen (secondary N) is 1. The first-order valence-corrected chi connectivity index (χ1v) is 2.68. The molecule has 4 heteroatoms. The predicted molar refractivity (Wildman–Crippen MR) is 27.4 cm³/mol. The highest BCUT2D eigenvalue weighted by Gasteiger charge is 2.53. The van der Waals surface area contributed by atoms with Crippen molar-refractivity contribution in [2.75, 3.05) is 0 Å². The van der Waals surface area contributed by atoms with Crippen molar-refractivity contribution in [2.45, 2.75) is 25.3 Å². The second-order valence-corrected chi connectivity index (χ2v) is 2.12. The van der Waals surface area contributed by atoms with Crippen LogP contribution >= 0.6 is 0 Å². The van der Waals surface area contributed by atoms with Crippen molar-refractivity contribution in [1.29, 1.82) is 0 Å². The van der Waals surface area contributed by atoms with E-state index in [1.165, 1.54) is 6.92 Å². The quantitative estimate of drug-likeness (QED) is 0.546. The van der Waals surface area contributed by atoms with Gasteiger partial charge in [-0.3, -0.25) is 4.79 Å². The van der Waals surface area contributed by atoms with Gasteiger partial charge < -0.3 is 5.32 Å². The molecule has 52 valence electrons. The molecule has 1 amide bonds. The summed E-state index contributed by atoms with van der Waals surface area (Å²) < 4.78 is 23.9. The Morgan fingerprint density at radius 2 is 1.89 bits per heavy atom. The summed E-state index contributed by atoms with van der Waals surface area (Å²) in [5.74, 6) is -0.386. The maximum Gasteiger partial charge on any atom is 0.217 e. The summed E-state index contributed by atoms with van der Waals surface area (Å²) in [6, 6.07) is -0.873. The van der Waals surface area contributed by atoms with Crippen molar-refractivity contribution < 1.29 is 13.6 Å². The Labute approximate surface area is 51.2 Å². The summed E-state index contributed by atoms with van der Waals surface area (Å²) in [5.41, 5.74) is 0. The molecule has 1 saturated carbocycles. The fraction of sp³-hybridized carbons (Fsp3) is 0.800. The van der Waals surface area contributed by atoms with Crippen LogP contribution in [0.2, 0.25) is 0 Å². The number of carbonyl (C=O) groups is 1. The zero-order valence-electron chi connectivity index (χ0n) is 4.90. The molecule has 0 spiro atoms. The first-order chi connectivity index (χ1) is 4.13. The molecular weight excluding hydrogens is 128 g/mol. The molecule has 9 heavy (non-hydrogen) atoms. The Balaban J connectivity index is 2.25. The second-order valence-electron chi connectivity index (χ2n) is 2.12. The largest absolute Gasteiger partial charge is 0.347 e. The van der Waals surface area contributed by atoms with Crippen LogP contribution in [0, 0.1) is 0 Å². The first-order valence-electron chi connectivity index (χ1n) is 2.68. The lowest BCUT2D eigenvalue weighted by Gasteiger charge is -1.92. The summed E-state index contributed by atoms with van der Waals surface area (Å²) in [5, 5.41) is 2.13. The van der Waals surface area contributed by atoms with Crippen LogP contribution in [0.25, 0.3) is 0 Å². The fourth-order valence-corrected chi connectivity index (χ4v) is 0.634. The van der Waals surface area contributed by atoms with Crippen LogP contribution in [0.1, 0.15) is 6.92 Å². The van der Waals surface area contributed by atoms with Crippen molar-refractivity contribution in [3.8, 4) is 0 Å². The summed E-state index contributed by atoms with van der Waals surface area (Å²) in [7, 11) is 0. The zero-order chi connectivity index (χ0) is 7.02. The Morgan fingerprint density at radius 1 is 1.44 bits per heavy atom. The lowest BCUT2D eigenvalue weighted by molar-refractivity contribution is -0.119. The minimum Gasteiger partial charge on any atom is -0.347 e. The second kappa shape index (κ2) is 1.93. The highest BCUT2D eigenvalue weighted by molar-refractivity contribution is 5.74. The Morgan fingerprint density at radius 3 is 2.00 bits per heavy atom. The van der Waals surface area contributed by atoms with Gasteiger partial charge in [0.25, 0.3) is 0 Å². The molecule has 0 bridgehead atoms. The molecule has 2 unspecified atom stereocenters. The Bertz CT molecular complexity index is 131. The number of hydrogen-bond acceptors (Lipinski definition) is 1. The molecule has 1 aliphatic rings. The topological polar surface area (TPSA) is 29.1 Å². The van der Waals surface area contributed by atoms with Crippen molar-refractivity contribution in [1.82, 2.24) is 5.32 Å². The molecule has 0 aliphatic heterocycles. The van der Waals surface area contributed by atoms with E-state index in [-0.39, 0.29) is 5.91 Å². The van der Waals surface area contributed by atoms with E-state index in [2.05, 4.69) is 5.32 Å². The molecule has 1 rings (SSSR count). The molecule has 0 saturated heterocycles. The van der Waals surface area contributed by atoms with E-state index >= 15 is 0 Å². The number of hydrogen-bond donors (Lipinski definition) is 1. The van der Waals surface area contributed by atoms with Crippen molar-refractivity contribution in [3.05, 3.63) is 0 Å². The smallest absolute Gasteiger partial charge is 0.217 e. The maximum atomic E-state index is 11.9. The number of carbonyl (C=O) groups excluding carboxylic acids is 1. The standard InChI is InChI=1S/C5H7F2NO/c1-2(9)8-5-3(6)4(5)7/h3-5H,1H3,(H,8,9). The van der Waals surface area contributed by atoms with Crippen LogP contribution in [-0.4, -0.2) is 24.3 Å². The van der Waals surface area contributed by atoms with Gasteiger partial charge in [0.15, 0.2) is 12.3 Å². The van der Waals surface area contributed by atoms with E-state index in [1.54, 1.807) is 0 Å². The summed E-state index contributed by atoms with van der Waals surface area (Å²) in [6.45, 7) is 1.23. The monoisotopic (exact) mass is 135 g/mol. The molecule has 0 aromatic heterocycles. The lowest BCUT2D eigenvalue weighted by atomic mass is 10.6. The van der Waals surface area contributed by atoms with Crippen molar-refractivity contribution in [3.63, 3.8) is 0 Å². The van der Waals surface area contributed by atoms with Crippen LogP contribution in [-0.2, 0) is 4.79 Å². The molecule has 0 heterocycles. The van der Waals surface area contributed by atoms with Gasteiger partial charge in [0.05, 0.1) is 6.04 Å². The van der Waals surface area contributed by atoms with Crippen molar-refractivity contribution >= 4 is 5.91 Å². The zero-order valence-corrected chi connectivity index (χ0v) is 4.90. The minimum absolute atomic E-state index is 0.386. The molecule has 0 aromatic carbocycles. The highest BCUT2D eigenvalue weighted by atomic mass is 19.2.